The molecule has 0 fully saturated rings. The van der Waals surface area contributed by atoms with Crippen LogP contribution in [0.2, 0.25) is 0 Å². The van der Waals surface area contributed by atoms with Crippen molar-refractivity contribution in [2.24, 2.45) is 0 Å². The summed E-state index contributed by atoms with van der Waals surface area (Å²) < 4.78 is 39.2. The first-order valence-corrected chi connectivity index (χ1v) is 12.8. The summed E-state index contributed by atoms with van der Waals surface area (Å²) >= 11 is 0. The quantitative estimate of drug-likeness (QED) is 0.545. The first-order valence-electron chi connectivity index (χ1n) is 11.0. The maximum atomic E-state index is 13.2. The standard InChI is InChI=1S/C26H27FN2O3S/c1-18(22-9-8-20-4-3-5-23(20)16-22)28-26(30)21-10-14-25(15-11-21)29(33(2,31)32)17-19-6-12-24(27)13-7-19/h6-16,18H,3-5,17H2,1-2H3,(H,28,30)/t18-/m1/s1. The average molecular weight is 467 g/mol. The molecule has 0 unspecified atom stereocenters. The van der Waals surface area contributed by atoms with Crippen molar-refractivity contribution in [1.29, 1.82) is 0 Å². The van der Waals surface area contributed by atoms with E-state index in [1.807, 2.05) is 6.92 Å². The minimum Gasteiger partial charge on any atom is -0.346 e. The third kappa shape index (κ3) is 5.42. The number of aryl methyl sites for hydroxylation is 2. The summed E-state index contributed by atoms with van der Waals surface area (Å²) in [5.41, 5.74) is 5.37. The van der Waals surface area contributed by atoms with Crippen molar-refractivity contribution >= 4 is 21.6 Å². The summed E-state index contributed by atoms with van der Waals surface area (Å²) in [6.07, 6.45) is 4.50. The number of nitrogens with one attached hydrogen (secondary N) is 1. The zero-order valence-electron chi connectivity index (χ0n) is 18.7. The van der Waals surface area contributed by atoms with Crippen molar-refractivity contribution < 1.29 is 17.6 Å². The van der Waals surface area contributed by atoms with Crippen LogP contribution >= 0.6 is 0 Å². The fraction of sp³-hybridized carbons (Fsp3) is 0.269. The number of nitrogens with zero attached hydrogens (tertiary/aromatic N) is 1. The number of halogens is 1. The van der Waals surface area contributed by atoms with Gasteiger partial charge in [0.05, 0.1) is 24.5 Å². The normalized spacial score (nSPS) is 13.9. The molecule has 0 saturated carbocycles. The van der Waals surface area contributed by atoms with Crippen LogP contribution in [-0.4, -0.2) is 20.6 Å². The van der Waals surface area contributed by atoms with Gasteiger partial charge in [0.2, 0.25) is 10.0 Å². The number of rotatable bonds is 7. The maximum absolute atomic E-state index is 13.2. The van der Waals surface area contributed by atoms with Crippen LogP contribution in [0.15, 0.2) is 66.7 Å². The van der Waals surface area contributed by atoms with Crippen LogP contribution in [0.25, 0.3) is 0 Å². The number of hydrogen-bond acceptors (Lipinski definition) is 3. The molecule has 172 valence electrons. The summed E-state index contributed by atoms with van der Waals surface area (Å²) in [7, 11) is -3.58. The Bertz CT molecular complexity index is 1260. The number of fused-ring (bicyclic) bond motifs is 1. The number of anilines is 1. The van der Waals surface area contributed by atoms with Gasteiger partial charge in [0.15, 0.2) is 0 Å². The number of carbonyl (C=O) groups excluding carboxylic acids is 1. The molecule has 1 atom stereocenters. The van der Waals surface area contributed by atoms with Crippen molar-refractivity contribution in [2.45, 2.75) is 38.8 Å². The maximum Gasteiger partial charge on any atom is 0.251 e. The Labute approximate surface area is 194 Å². The lowest BCUT2D eigenvalue weighted by Crippen LogP contribution is -2.29. The Balaban J connectivity index is 1.47. The van der Waals surface area contributed by atoms with Gasteiger partial charge in [-0.05, 0) is 84.8 Å². The van der Waals surface area contributed by atoms with E-state index in [1.165, 1.54) is 34.0 Å². The lowest BCUT2D eigenvalue weighted by molar-refractivity contribution is 0.0940. The molecular weight excluding hydrogens is 439 g/mol. The monoisotopic (exact) mass is 466 g/mol. The fourth-order valence-electron chi connectivity index (χ4n) is 4.16. The molecule has 1 aliphatic rings. The van der Waals surface area contributed by atoms with Crippen LogP contribution in [0, 0.1) is 5.82 Å². The van der Waals surface area contributed by atoms with Gasteiger partial charge in [0.1, 0.15) is 5.82 Å². The average Bonchev–Trinajstić information content (AvgIpc) is 3.26. The molecule has 0 spiro atoms. The highest BCUT2D eigenvalue weighted by Crippen LogP contribution is 2.26. The van der Waals surface area contributed by atoms with E-state index >= 15 is 0 Å². The van der Waals surface area contributed by atoms with Gasteiger partial charge in [-0.3, -0.25) is 9.10 Å². The smallest absolute Gasteiger partial charge is 0.251 e. The van der Waals surface area contributed by atoms with Crippen LogP contribution in [0.5, 0.6) is 0 Å². The number of benzene rings is 3. The molecule has 4 rings (SSSR count). The molecule has 33 heavy (non-hydrogen) atoms. The minimum absolute atomic E-state index is 0.0695. The van der Waals surface area contributed by atoms with Gasteiger partial charge in [-0.15, -0.1) is 0 Å². The second kappa shape index (κ2) is 9.35. The Kier molecular flexibility index (Phi) is 6.51. The Morgan fingerprint density at radius 2 is 1.67 bits per heavy atom. The Morgan fingerprint density at radius 3 is 2.33 bits per heavy atom. The van der Waals surface area contributed by atoms with Crippen molar-refractivity contribution in [3.63, 3.8) is 0 Å². The topological polar surface area (TPSA) is 66.5 Å². The van der Waals surface area contributed by atoms with Crippen molar-refractivity contribution in [1.82, 2.24) is 5.32 Å². The number of amides is 1. The summed E-state index contributed by atoms with van der Waals surface area (Å²) in [6, 6.07) is 18.4. The largest absolute Gasteiger partial charge is 0.346 e. The van der Waals surface area contributed by atoms with Gasteiger partial charge in [-0.25, -0.2) is 12.8 Å². The molecule has 0 aliphatic heterocycles. The van der Waals surface area contributed by atoms with Gasteiger partial charge in [0.25, 0.3) is 5.91 Å². The SMILES string of the molecule is C[C@@H](NC(=O)c1ccc(N(Cc2ccc(F)cc2)S(C)(=O)=O)cc1)c1ccc2c(c1)CCC2. The highest BCUT2D eigenvalue weighted by atomic mass is 32.2. The highest BCUT2D eigenvalue weighted by molar-refractivity contribution is 7.92. The van der Waals surface area contributed by atoms with E-state index in [9.17, 15) is 17.6 Å². The molecule has 1 aliphatic carbocycles. The van der Waals surface area contributed by atoms with Crippen LogP contribution in [0.3, 0.4) is 0 Å². The lowest BCUT2D eigenvalue weighted by atomic mass is 10.0. The van der Waals surface area contributed by atoms with E-state index in [2.05, 4.69) is 23.5 Å². The van der Waals surface area contributed by atoms with E-state index in [0.29, 0.717) is 16.8 Å². The molecule has 1 amide bonds. The number of sulfonamides is 1. The van der Waals surface area contributed by atoms with Crippen molar-refractivity contribution in [2.75, 3.05) is 10.6 Å². The van der Waals surface area contributed by atoms with E-state index in [1.54, 1.807) is 36.4 Å². The second-order valence-corrected chi connectivity index (χ2v) is 10.4. The molecule has 0 radical (unpaired) electrons. The summed E-state index contributed by atoms with van der Waals surface area (Å²) in [5.74, 6) is -0.604. The number of carbonyl (C=O) groups is 1. The first kappa shape index (κ1) is 23.0. The van der Waals surface area contributed by atoms with Gasteiger partial charge in [-0.2, -0.15) is 0 Å². The summed E-state index contributed by atoms with van der Waals surface area (Å²) in [4.78, 5) is 12.8. The molecule has 5 nitrogen and oxygen atoms in total. The van der Waals surface area contributed by atoms with E-state index in [0.717, 1.165) is 24.7 Å². The summed E-state index contributed by atoms with van der Waals surface area (Å²) in [5, 5.41) is 3.02. The van der Waals surface area contributed by atoms with Crippen LogP contribution in [0.4, 0.5) is 10.1 Å². The highest BCUT2D eigenvalue weighted by Gasteiger charge is 2.20. The van der Waals surface area contributed by atoms with Gasteiger partial charge in [-0.1, -0.05) is 30.3 Å². The van der Waals surface area contributed by atoms with Crippen LogP contribution in [0.1, 0.15) is 52.0 Å². The second-order valence-electron chi connectivity index (χ2n) is 8.52. The van der Waals surface area contributed by atoms with Gasteiger partial charge in [0, 0.05) is 5.56 Å². The predicted octanol–water partition coefficient (Wildman–Crippen LogP) is 4.77. The predicted molar refractivity (Wildman–Crippen MR) is 128 cm³/mol. The Hall–Kier alpha value is -3.19. The van der Waals surface area contributed by atoms with E-state index in [-0.39, 0.29) is 24.3 Å². The van der Waals surface area contributed by atoms with Gasteiger partial charge < -0.3 is 5.32 Å². The Morgan fingerprint density at radius 1 is 1.00 bits per heavy atom. The zero-order chi connectivity index (χ0) is 23.6. The molecule has 7 heteroatoms. The molecule has 3 aromatic carbocycles. The third-order valence-corrected chi connectivity index (χ3v) is 7.17. The minimum atomic E-state index is -3.58. The number of hydrogen-bond donors (Lipinski definition) is 1. The third-order valence-electron chi connectivity index (χ3n) is 6.03. The van der Waals surface area contributed by atoms with Crippen molar-refractivity contribution in [3.05, 3.63) is 100 Å². The van der Waals surface area contributed by atoms with Crippen LogP contribution in [-0.2, 0) is 29.4 Å². The van der Waals surface area contributed by atoms with Crippen LogP contribution < -0.4 is 9.62 Å². The molecular formula is C26H27FN2O3S. The molecule has 0 heterocycles. The zero-order valence-corrected chi connectivity index (χ0v) is 19.5. The van der Waals surface area contributed by atoms with E-state index < -0.39 is 10.0 Å². The fourth-order valence-corrected chi connectivity index (χ4v) is 5.05. The molecule has 0 aromatic heterocycles. The molecule has 3 aromatic rings. The first-order chi connectivity index (χ1) is 15.7. The van der Waals surface area contributed by atoms with E-state index in [4.69, 9.17) is 0 Å². The van der Waals surface area contributed by atoms with Gasteiger partial charge >= 0.3 is 0 Å². The summed E-state index contributed by atoms with van der Waals surface area (Å²) in [6.45, 7) is 2.02. The lowest BCUT2D eigenvalue weighted by Gasteiger charge is -2.23. The van der Waals surface area contributed by atoms with Crippen molar-refractivity contribution in [3.8, 4) is 0 Å². The molecule has 1 N–H and O–H groups in total. The molecule has 0 bridgehead atoms. The molecule has 0 saturated heterocycles.